The maximum Gasteiger partial charge on any atom is 0.269 e. The van der Waals surface area contributed by atoms with Crippen molar-refractivity contribution in [1.29, 1.82) is 0 Å². The summed E-state index contributed by atoms with van der Waals surface area (Å²) >= 11 is 0. The van der Waals surface area contributed by atoms with Gasteiger partial charge in [-0.05, 0) is 19.1 Å². The van der Waals surface area contributed by atoms with Crippen molar-refractivity contribution in [1.82, 2.24) is 20.6 Å². The molecule has 1 atom stereocenters. The molecule has 7 heteroatoms. The fraction of sp³-hybridized carbons (Fsp3) is 0.667. The lowest BCUT2D eigenvalue weighted by atomic mass is 10.4. The molecule has 13 heavy (non-hydrogen) atoms. The molecular formula is C6H11N5O2. The summed E-state index contributed by atoms with van der Waals surface area (Å²) in [4.78, 5) is 11.2. The van der Waals surface area contributed by atoms with Crippen molar-refractivity contribution in [3.05, 3.63) is 0 Å². The normalized spacial score (nSPS) is 12.5. The Morgan fingerprint density at radius 1 is 1.77 bits per heavy atom. The summed E-state index contributed by atoms with van der Waals surface area (Å²) in [6.45, 7) is 3.96. The van der Waals surface area contributed by atoms with Gasteiger partial charge in [-0.15, -0.1) is 5.10 Å². The van der Waals surface area contributed by atoms with Gasteiger partial charge < -0.3 is 4.74 Å². The van der Waals surface area contributed by atoms with Crippen LogP contribution in [0, 0.1) is 0 Å². The average Bonchev–Trinajstić information content (AvgIpc) is 2.57. The van der Waals surface area contributed by atoms with E-state index in [2.05, 4.69) is 25.9 Å². The molecule has 0 spiro atoms. The first-order chi connectivity index (χ1) is 6.24. The van der Waals surface area contributed by atoms with Gasteiger partial charge in [0.15, 0.2) is 0 Å². The highest BCUT2D eigenvalue weighted by molar-refractivity contribution is 5.92. The van der Waals surface area contributed by atoms with Crippen LogP contribution in [-0.2, 0) is 9.53 Å². The first kappa shape index (κ1) is 9.59. The molecule has 0 aliphatic rings. The zero-order valence-electron chi connectivity index (χ0n) is 7.44. The standard InChI is InChI=1S/C6H11N5O2/c1-3-13-4(2)5(12)7-6-8-10-11-9-6/h4H,3H2,1-2H3,(H2,7,8,9,10,11,12). The largest absolute Gasteiger partial charge is 0.369 e. The molecule has 0 radical (unpaired) electrons. The van der Waals surface area contributed by atoms with Gasteiger partial charge in [-0.2, -0.15) is 5.21 Å². The fourth-order valence-electron chi connectivity index (χ4n) is 0.752. The number of anilines is 1. The van der Waals surface area contributed by atoms with E-state index in [9.17, 15) is 4.79 Å². The van der Waals surface area contributed by atoms with E-state index in [1.165, 1.54) is 0 Å². The number of carbonyl (C=O) groups is 1. The molecule has 1 aromatic heterocycles. The summed E-state index contributed by atoms with van der Waals surface area (Å²) in [5.74, 6) is -0.139. The summed E-state index contributed by atoms with van der Waals surface area (Å²) in [5, 5.41) is 15.1. The molecule has 0 aromatic carbocycles. The number of nitrogens with one attached hydrogen (secondary N) is 2. The number of H-pyrrole nitrogens is 1. The van der Waals surface area contributed by atoms with Crippen LogP contribution in [0.15, 0.2) is 0 Å². The summed E-state index contributed by atoms with van der Waals surface area (Å²) in [7, 11) is 0. The number of tetrazole rings is 1. The summed E-state index contributed by atoms with van der Waals surface area (Å²) in [6.07, 6.45) is -0.511. The van der Waals surface area contributed by atoms with Crippen molar-refractivity contribution in [3.63, 3.8) is 0 Å². The Kier molecular flexibility index (Phi) is 3.32. The third-order valence-corrected chi connectivity index (χ3v) is 1.37. The third-order valence-electron chi connectivity index (χ3n) is 1.37. The highest BCUT2D eigenvalue weighted by Gasteiger charge is 2.13. The minimum absolute atomic E-state index is 0.150. The fourth-order valence-corrected chi connectivity index (χ4v) is 0.752. The molecule has 0 aliphatic heterocycles. The van der Waals surface area contributed by atoms with Gasteiger partial charge in [-0.25, -0.2) is 0 Å². The van der Waals surface area contributed by atoms with Gasteiger partial charge in [0.05, 0.1) is 0 Å². The lowest BCUT2D eigenvalue weighted by Gasteiger charge is -2.08. The zero-order valence-corrected chi connectivity index (χ0v) is 7.44. The van der Waals surface area contributed by atoms with Gasteiger partial charge in [0, 0.05) is 6.61 Å². The van der Waals surface area contributed by atoms with Crippen LogP contribution < -0.4 is 5.32 Å². The molecule has 1 heterocycles. The molecule has 2 N–H and O–H groups in total. The topological polar surface area (TPSA) is 92.8 Å². The van der Waals surface area contributed by atoms with Crippen molar-refractivity contribution in [3.8, 4) is 0 Å². The van der Waals surface area contributed by atoms with Crippen LogP contribution in [0.2, 0.25) is 0 Å². The molecule has 0 saturated carbocycles. The van der Waals surface area contributed by atoms with Crippen LogP contribution in [0.4, 0.5) is 5.95 Å². The number of ether oxygens (including phenoxy) is 1. The van der Waals surface area contributed by atoms with E-state index in [1.807, 2.05) is 6.92 Å². The van der Waals surface area contributed by atoms with Crippen LogP contribution in [0.25, 0.3) is 0 Å². The highest BCUT2D eigenvalue weighted by Crippen LogP contribution is 1.96. The molecule has 1 rings (SSSR count). The summed E-state index contributed by atoms with van der Waals surface area (Å²) < 4.78 is 5.05. The van der Waals surface area contributed by atoms with Crippen molar-refractivity contribution in [2.75, 3.05) is 11.9 Å². The predicted octanol–water partition coefficient (Wildman–Crippen LogP) is -0.437. The second kappa shape index (κ2) is 4.51. The number of amides is 1. The number of nitrogens with zero attached hydrogens (tertiary/aromatic N) is 3. The van der Waals surface area contributed by atoms with Crippen LogP contribution >= 0.6 is 0 Å². The first-order valence-electron chi connectivity index (χ1n) is 3.90. The minimum atomic E-state index is -0.511. The minimum Gasteiger partial charge on any atom is -0.369 e. The second-order valence-corrected chi connectivity index (χ2v) is 2.32. The van der Waals surface area contributed by atoms with E-state index >= 15 is 0 Å². The SMILES string of the molecule is CCOC(C)C(=O)Nc1nn[nH]n1. The molecule has 7 nitrogen and oxygen atoms in total. The Bertz CT molecular complexity index is 260. The third kappa shape index (κ3) is 2.79. The monoisotopic (exact) mass is 185 g/mol. The Morgan fingerprint density at radius 3 is 3.08 bits per heavy atom. The number of aromatic nitrogens is 4. The molecule has 0 aliphatic carbocycles. The van der Waals surface area contributed by atoms with E-state index in [0.29, 0.717) is 6.61 Å². The van der Waals surface area contributed by atoms with Gasteiger partial charge >= 0.3 is 0 Å². The Hall–Kier alpha value is -1.50. The smallest absolute Gasteiger partial charge is 0.269 e. The van der Waals surface area contributed by atoms with Gasteiger partial charge in [0.2, 0.25) is 0 Å². The average molecular weight is 185 g/mol. The van der Waals surface area contributed by atoms with Crippen molar-refractivity contribution >= 4 is 11.9 Å². The number of rotatable bonds is 4. The van der Waals surface area contributed by atoms with E-state index in [-0.39, 0.29) is 11.9 Å². The lowest BCUT2D eigenvalue weighted by molar-refractivity contribution is -0.126. The van der Waals surface area contributed by atoms with Crippen LogP contribution in [0.5, 0.6) is 0 Å². The van der Waals surface area contributed by atoms with Gasteiger partial charge in [-0.1, -0.05) is 5.10 Å². The second-order valence-electron chi connectivity index (χ2n) is 2.32. The van der Waals surface area contributed by atoms with Crippen molar-refractivity contribution < 1.29 is 9.53 Å². The predicted molar refractivity (Wildman–Crippen MR) is 43.9 cm³/mol. The molecule has 1 amide bonds. The first-order valence-corrected chi connectivity index (χ1v) is 3.90. The van der Waals surface area contributed by atoms with Gasteiger partial charge in [0.1, 0.15) is 6.10 Å². The maximum absolute atomic E-state index is 11.2. The molecule has 1 aromatic rings. The molecule has 1 unspecified atom stereocenters. The lowest BCUT2D eigenvalue weighted by Crippen LogP contribution is -2.28. The van der Waals surface area contributed by atoms with Crippen LogP contribution in [-0.4, -0.2) is 39.2 Å². The number of carbonyl (C=O) groups excluding carboxylic acids is 1. The van der Waals surface area contributed by atoms with Gasteiger partial charge in [0.25, 0.3) is 11.9 Å². The number of hydrogen-bond donors (Lipinski definition) is 2. The molecular weight excluding hydrogens is 174 g/mol. The molecule has 72 valence electrons. The van der Waals surface area contributed by atoms with Crippen LogP contribution in [0.1, 0.15) is 13.8 Å². The Morgan fingerprint density at radius 2 is 2.54 bits per heavy atom. The highest BCUT2D eigenvalue weighted by atomic mass is 16.5. The summed E-state index contributed by atoms with van der Waals surface area (Å²) in [6, 6.07) is 0. The van der Waals surface area contributed by atoms with Crippen molar-refractivity contribution in [2.24, 2.45) is 0 Å². The number of aromatic amines is 1. The molecule has 0 bridgehead atoms. The van der Waals surface area contributed by atoms with E-state index in [4.69, 9.17) is 4.74 Å². The van der Waals surface area contributed by atoms with Crippen molar-refractivity contribution in [2.45, 2.75) is 20.0 Å². The van der Waals surface area contributed by atoms with E-state index in [0.717, 1.165) is 0 Å². The maximum atomic E-state index is 11.2. The Balaban J connectivity index is 2.41. The number of hydrogen-bond acceptors (Lipinski definition) is 5. The van der Waals surface area contributed by atoms with Crippen LogP contribution in [0.3, 0.4) is 0 Å². The quantitative estimate of drug-likeness (QED) is 0.663. The molecule has 0 fully saturated rings. The van der Waals surface area contributed by atoms with E-state index < -0.39 is 6.10 Å². The Labute approximate surface area is 74.9 Å². The zero-order chi connectivity index (χ0) is 9.68. The molecule has 0 saturated heterocycles. The van der Waals surface area contributed by atoms with E-state index in [1.54, 1.807) is 6.92 Å². The van der Waals surface area contributed by atoms with Gasteiger partial charge in [-0.3, -0.25) is 10.1 Å². The summed E-state index contributed by atoms with van der Waals surface area (Å²) in [5.41, 5.74) is 0.